The van der Waals surface area contributed by atoms with Crippen LogP contribution in [0.15, 0.2) is 24.5 Å². The molecule has 0 spiro atoms. The number of likely N-dealkylation sites (tertiary alicyclic amines) is 1. The summed E-state index contributed by atoms with van der Waals surface area (Å²) in [5.41, 5.74) is 2.42. The zero-order valence-electron chi connectivity index (χ0n) is 24.8. The van der Waals surface area contributed by atoms with Gasteiger partial charge < -0.3 is 24.6 Å². The Morgan fingerprint density at radius 2 is 1.95 bits per heavy atom. The zero-order chi connectivity index (χ0) is 28.4. The van der Waals surface area contributed by atoms with Crippen molar-refractivity contribution >= 4 is 23.5 Å². The number of carbonyl (C=O) groups excluding carboxylic acids is 1. The molecular weight excluding hydrogens is 508 g/mol. The number of nitrogens with zero attached hydrogens (tertiary/aromatic N) is 7. The van der Waals surface area contributed by atoms with Crippen molar-refractivity contribution in [1.82, 2.24) is 29.3 Å². The molecule has 0 bridgehead atoms. The van der Waals surface area contributed by atoms with Crippen LogP contribution in [0.25, 0.3) is 16.8 Å². The minimum atomic E-state index is -0.499. The Balaban J connectivity index is 1.39. The molecule has 1 unspecified atom stereocenters. The van der Waals surface area contributed by atoms with Crippen LogP contribution in [0.3, 0.4) is 0 Å². The van der Waals surface area contributed by atoms with E-state index in [-0.39, 0.29) is 24.3 Å². The number of hydrogen-bond donors (Lipinski definition) is 1. The normalized spacial score (nSPS) is 21.1. The first-order chi connectivity index (χ1) is 19.1. The van der Waals surface area contributed by atoms with Crippen molar-refractivity contribution in [2.45, 2.75) is 85.1 Å². The van der Waals surface area contributed by atoms with Gasteiger partial charge in [0.05, 0.1) is 6.20 Å². The molecule has 11 nitrogen and oxygen atoms in total. The summed E-state index contributed by atoms with van der Waals surface area (Å²) in [6.45, 7) is 15.7. The van der Waals surface area contributed by atoms with E-state index in [1.807, 2.05) is 62.3 Å². The van der Waals surface area contributed by atoms with E-state index in [0.29, 0.717) is 25.6 Å². The van der Waals surface area contributed by atoms with Gasteiger partial charge in [-0.05, 0) is 78.4 Å². The van der Waals surface area contributed by atoms with Crippen molar-refractivity contribution < 1.29 is 14.3 Å². The molecule has 0 radical (unpaired) electrons. The minimum absolute atomic E-state index is 0.133. The summed E-state index contributed by atoms with van der Waals surface area (Å²) in [7, 11) is 0. The average molecular weight is 553 g/mol. The monoisotopic (exact) mass is 552 g/mol. The molecule has 0 aliphatic carbocycles. The maximum Gasteiger partial charge on any atom is 0.410 e. The van der Waals surface area contributed by atoms with Crippen molar-refractivity contribution in [3.8, 4) is 11.1 Å². The summed E-state index contributed by atoms with van der Waals surface area (Å²) in [4.78, 5) is 21.7. The number of rotatable bonds is 7. The third-order valence-electron chi connectivity index (χ3n) is 7.69. The number of amides is 1. The molecule has 1 N–H and O–H groups in total. The van der Waals surface area contributed by atoms with E-state index in [2.05, 4.69) is 28.3 Å². The lowest BCUT2D eigenvalue weighted by Crippen LogP contribution is -2.49. The predicted molar refractivity (Wildman–Crippen MR) is 156 cm³/mol. The van der Waals surface area contributed by atoms with Gasteiger partial charge in [0.2, 0.25) is 5.95 Å². The van der Waals surface area contributed by atoms with Crippen LogP contribution in [0.4, 0.5) is 16.6 Å². The minimum Gasteiger partial charge on any atom is -0.444 e. The van der Waals surface area contributed by atoms with Crippen molar-refractivity contribution in [1.29, 1.82) is 0 Å². The highest BCUT2D eigenvalue weighted by atomic mass is 16.6. The van der Waals surface area contributed by atoms with Crippen molar-refractivity contribution in [3.05, 3.63) is 24.5 Å². The molecule has 0 saturated carbocycles. The molecule has 5 rings (SSSR count). The number of aromatic nitrogens is 5. The van der Waals surface area contributed by atoms with Crippen LogP contribution in [0.1, 0.15) is 73.5 Å². The Kier molecular flexibility index (Phi) is 8.21. The molecule has 218 valence electrons. The fraction of sp³-hybridized carbons (Fsp3) is 0.655. The van der Waals surface area contributed by atoms with E-state index in [1.54, 1.807) is 4.90 Å². The SMILES string of the molecule is CCOC(C)n1cc(-c2ccc3nc(N[C@H]4CCN(C(=O)OC(C)(C)C)C[C@H]4C)nn3c2N2CCCCC2)cn1. The van der Waals surface area contributed by atoms with Gasteiger partial charge in [0.25, 0.3) is 0 Å². The zero-order valence-corrected chi connectivity index (χ0v) is 24.8. The van der Waals surface area contributed by atoms with Crippen LogP contribution in [-0.4, -0.2) is 79.8 Å². The Hall–Kier alpha value is -3.34. The maximum absolute atomic E-state index is 12.6. The van der Waals surface area contributed by atoms with E-state index in [0.717, 1.165) is 54.9 Å². The van der Waals surface area contributed by atoms with Gasteiger partial charge >= 0.3 is 6.09 Å². The molecule has 2 fully saturated rings. The largest absolute Gasteiger partial charge is 0.444 e. The van der Waals surface area contributed by atoms with E-state index < -0.39 is 5.60 Å². The molecular formula is C29H44N8O3. The number of pyridine rings is 1. The number of hydrogen-bond acceptors (Lipinski definition) is 8. The first-order valence-corrected chi connectivity index (χ1v) is 14.7. The first kappa shape index (κ1) is 28.2. The number of anilines is 2. The predicted octanol–water partition coefficient (Wildman–Crippen LogP) is 5.20. The van der Waals surface area contributed by atoms with Gasteiger partial charge in [-0.25, -0.2) is 9.48 Å². The lowest BCUT2D eigenvalue weighted by molar-refractivity contribution is 0.0158. The third-order valence-corrected chi connectivity index (χ3v) is 7.69. The van der Waals surface area contributed by atoms with Gasteiger partial charge in [0, 0.05) is 56.2 Å². The Bertz CT molecular complexity index is 1310. The van der Waals surface area contributed by atoms with E-state index in [9.17, 15) is 4.79 Å². The lowest BCUT2D eigenvalue weighted by atomic mass is 9.94. The highest BCUT2D eigenvalue weighted by molar-refractivity contribution is 5.78. The number of fused-ring (bicyclic) bond motifs is 1. The van der Waals surface area contributed by atoms with E-state index >= 15 is 0 Å². The van der Waals surface area contributed by atoms with Crippen molar-refractivity contribution in [3.63, 3.8) is 0 Å². The van der Waals surface area contributed by atoms with Crippen LogP contribution in [0.2, 0.25) is 0 Å². The second kappa shape index (κ2) is 11.6. The molecule has 2 aliphatic heterocycles. The van der Waals surface area contributed by atoms with E-state index in [4.69, 9.17) is 19.6 Å². The van der Waals surface area contributed by atoms with Crippen molar-refractivity contribution in [2.75, 3.05) is 43.0 Å². The molecule has 11 heteroatoms. The molecule has 0 aromatic carbocycles. The molecule has 2 aliphatic rings. The van der Waals surface area contributed by atoms with Crippen LogP contribution >= 0.6 is 0 Å². The number of piperidine rings is 2. The van der Waals surface area contributed by atoms with Crippen LogP contribution < -0.4 is 10.2 Å². The molecule has 3 atom stereocenters. The molecule has 1 amide bonds. The second-order valence-electron chi connectivity index (χ2n) is 12.0. The number of carbonyl (C=O) groups is 1. The van der Waals surface area contributed by atoms with Crippen molar-refractivity contribution in [2.24, 2.45) is 5.92 Å². The summed E-state index contributed by atoms with van der Waals surface area (Å²) in [6.07, 6.45) is 7.93. The molecule has 40 heavy (non-hydrogen) atoms. The first-order valence-electron chi connectivity index (χ1n) is 14.7. The summed E-state index contributed by atoms with van der Waals surface area (Å²) in [6, 6.07) is 4.32. The standard InChI is InChI=1S/C29H44N8O3/c1-7-39-21(3)36-19-22(17-30-36)23-11-12-25-32-27(33-37(25)26(23)34-14-9-8-10-15-34)31-24-13-16-35(18-20(24)2)28(38)40-29(4,5)6/h11-12,17,19-21,24H,7-10,13-16,18H2,1-6H3,(H,31,33)/t20-,21?,24+/m1/s1. The van der Waals surface area contributed by atoms with Gasteiger partial charge in [0.15, 0.2) is 5.65 Å². The Morgan fingerprint density at radius 1 is 1.18 bits per heavy atom. The van der Waals surface area contributed by atoms with Crippen LogP contribution in [0.5, 0.6) is 0 Å². The smallest absolute Gasteiger partial charge is 0.410 e. The highest BCUT2D eigenvalue weighted by Gasteiger charge is 2.32. The molecule has 5 heterocycles. The summed E-state index contributed by atoms with van der Waals surface area (Å²) >= 11 is 0. The third kappa shape index (κ3) is 6.19. The van der Waals surface area contributed by atoms with Gasteiger partial charge in [-0.3, -0.25) is 0 Å². The van der Waals surface area contributed by atoms with Gasteiger partial charge in [-0.2, -0.15) is 14.6 Å². The quantitative estimate of drug-likeness (QED) is 0.427. The fourth-order valence-corrected chi connectivity index (χ4v) is 5.64. The van der Waals surface area contributed by atoms with Gasteiger partial charge in [0.1, 0.15) is 17.6 Å². The maximum atomic E-state index is 12.6. The van der Waals surface area contributed by atoms with Crippen LogP contribution in [0, 0.1) is 5.92 Å². The molecule has 2 saturated heterocycles. The summed E-state index contributed by atoms with van der Waals surface area (Å²) < 4.78 is 15.2. The Labute approximate surface area is 236 Å². The van der Waals surface area contributed by atoms with E-state index in [1.165, 1.54) is 6.42 Å². The fourth-order valence-electron chi connectivity index (χ4n) is 5.64. The summed E-state index contributed by atoms with van der Waals surface area (Å²) in [5.74, 6) is 1.89. The topological polar surface area (TPSA) is 102 Å². The molecule has 3 aromatic rings. The number of ether oxygens (including phenoxy) is 2. The Morgan fingerprint density at radius 3 is 2.65 bits per heavy atom. The average Bonchev–Trinajstić information content (AvgIpc) is 3.56. The lowest BCUT2D eigenvalue weighted by Gasteiger charge is -2.37. The summed E-state index contributed by atoms with van der Waals surface area (Å²) in [5, 5.41) is 13.1. The second-order valence-corrected chi connectivity index (χ2v) is 12.0. The van der Waals surface area contributed by atoms with Crippen LogP contribution in [-0.2, 0) is 9.47 Å². The highest BCUT2D eigenvalue weighted by Crippen LogP contribution is 2.34. The van der Waals surface area contributed by atoms with Gasteiger partial charge in [-0.15, -0.1) is 5.10 Å². The van der Waals surface area contributed by atoms with Gasteiger partial charge in [-0.1, -0.05) is 6.92 Å². The molecule has 3 aromatic heterocycles. The number of nitrogens with one attached hydrogen (secondary N) is 1.